The highest BCUT2D eigenvalue weighted by Gasteiger charge is 2.15. The van der Waals surface area contributed by atoms with Crippen molar-refractivity contribution in [3.05, 3.63) is 84.9 Å². The SMILES string of the molecule is Cn1nc(-c2ccccc2)nc1-c1cccc(-c2nc(-c3ccccc3)nn2C)c1. The van der Waals surface area contributed by atoms with Gasteiger partial charge in [-0.05, 0) is 6.07 Å². The molecule has 0 amide bonds. The first-order valence-electron chi connectivity index (χ1n) is 9.73. The molecule has 0 radical (unpaired) electrons. The molecule has 0 spiro atoms. The minimum atomic E-state index is 0.712. The van der Waals surface area contributed by atoms with Gasteiger partial charge in [-0.25, -0.2) is 19.3 Å². The van der Waals surface area contributed by atoms with Crippen molar-refractivity contribution in [1.82, 2.24) is 29.5 Å². The molecule has 0 atom stereocenters. The third-order valence-electron chi connectivity index (χ3n) is 4.97. The second-order valence-corrected chi connectivity index (χ2v) is 7.08. The monoisotopic (exact) mass is 392 g/mol. The smallest absolute Gasteiger partial charge is 0.181 e. The van der Waals surface area contributed by atoms with Crippen LogP contribution in [0.25, 0.3) is 45.6 Å². The molecule has 0 bridgehead atoms. The molecule has 6 heteroatoms. The summed E-state index contributed by atoms with van der Waals surface area (Å²) in [6.07, 6.45) is 0. The zero-order chi connectivity index (χ0) is 20.5. The lowest BCUT2D eigenvalue weighted by Gasteiger charge is -2.04. The van der Waals surface area contributed by atoms with E-state index in [0.717, 1.165) is 33.9 Å². The highest BCUT2D eigenvalue weighted by atomic mass is 15.3. The summed E-state index contributed by atoms with van der Waals surface area (Å²) in [5.41, 5.74) is 3.95. The average molecular weight is 392 g/mol. The maximum atomic E-state index is 4.77. The highest BCUT2D eigenvalue weighted by molar-refractivity contribution is 5.69. The molecule has 3 aromatic carbocycles. The molecule has 30 heavy (non-hydrogen) atoms. The molecule has 0 aliphatic carbocycles. The lowest BCUT2D eigenvalue weighted by atomic mass is 10.1. The van der Waals surface area contributed by atoms with Crippen LogP contribution in [0.15, 0.2) is 84.9 Å². The van der Waals surface area contributed by atoms with Crippen molar-refractivity contribution in [3.8, 4) is 45.6 Å². The predicted octanol–water partition coefficient (Wildman–Crippen LogP) is 4.61. The van der Waals surface area contributed by atoms with Gasteiger partial charge in [0.1, 0.15) is 0 Å². The molecule has 0 saturated carbocycles. The average Bonchev–Trinajstić information content (AvgIpc) is 3.38. The number of benzene rings is 3. The second-order valence-electron chi connectivity index (χ2n) is 7.08. The van der Waals surface area contributed by atoms with Crippen LogP contribution in [0.4, 0.5) is 0 Å². The highest BCUT2D eigenvalue weighted by Crippen LogP contribution is 2.27. The fourth-order valence-electron chi connectivity index (χ4n) is 3.49. The quantitative estimate of drug-likeness (QED) is 0.448. The molecule has 0 saturated heterocycles. The Bertz CT molecular complexity index is 1200. The normalized spacial score (nSPS) is 11.0. The van der Waals surface area contributed by atoms with Crippen molar-refractivity contribution in [2.24, 2.45) is 14.1 Å². The molecule has 5 rings (SSSR count). The molecule has 0 unspecified atom stereocenters. The van der Waals surface area contributed by atoms with Gasteiger partial charge in [0.15, 0.2) is 23.3 Å². The van der Waals surface area contributed by atoms with Crippen LogP contribution in [0.3, 0.4) is 0 Å². The Morgan fingerprint density at radius 2 is 0.900 bits per heavy atom. The number of hydrogen-bond donors (Lipinski definition) is 0. The Labute approximate surface area is 174 Å². The van der Waals surface area contributed by atoms with Crippen LogP contribution in [-0.2, 0) is 14.1 Å². The maximum absolute atomic E-state index is 4.77. The number of aromatic nitrogens is 6. The van der Waals surface area contributed by atoms with Gasteiger partial charge < -0.3 is 0 Å². The molecule has 146 valence electrons. The fourth-order valence-corrected chi connectivity index (χ4v) is 3.49. The minimum Gasteiger partial charge on any atom is -0.248 e. The third-order valence-corrected chi connectivity index (χ3v) is 4.97. The summed E-state index contributed by atoms with van der Waals surface area (Å²) in [6.45, 7) is 0. The third kappa shape index (κ3) is 3.28. The van der Waals surface area contributed by atoms with Crippen molar-refractivity contribution in [2.75, 3.05) is 0 Å². The van der Waals surface area contributed by atoms with Crippen molar-refractivity contribution >= 4 is 0 Å². The van der Waals surface area contributed by atoms with Crippen LogP contribution in [0.1, 0.15) is 0 Å². The first kappa shape index (κ1) is 18.0. The Morgan fingerprint density at radius 1 is 0.500 bits per heavy atom. The molecule has 0 aliphatic heterocycles. The lowest BCUT2D eigenvalue weighted by molar-refractivity contribution is 0.775. The molecule has 0 fully saturated rings. The van der Waals surface area contributed by atoms with E-state index >= 15 is 0 Å². The van der Waals surface area contributed by atoms with E-state index in [1.165, 1.54) is 0 Å². The van der Waals surface area contributed by atoms with Crippen molar-refractivity contribution in [2.45, 2.75) is 0 Å². The van der Waals surface area contributed by atoms with E-state index in [9.17, 15) is 0 Å². The summed E-state index contributed by atoms with van der Waals surface area (Å²) in [7, 11) is 3.83. The van der Waals surface area contributed by atoms with E-state index in [1.54, 1.807) is 0 Å². The minimum absolute atomic E-state index is 0.712. The Kier molecular flexibility index (Phi) is 4.44. The van der Waals surface area contributed by atoms with Crippen LogP contribution < -0.4 is 0 Å². The summed E-state index contributed by atoms with van der Waals surface area (Å²) in [6, 6.07) is 28.2. The molecular formula is C24H20N6. The van der Waals surface area contributed by atoms with E-state index in [-0.39, 0.29) is 0 Å². The Hall–Kier alpha value is -4.06. The van der Waals surface area contributed by atoms with Crippen molar-refractivity contribution in [3.63, 3.8) is 0 Å². The molecule has 2 heterocycles. The summed E-state index contributed by atoms with van der Waals surface area (Å²) in [5, 5.41) is 9.19. The van der Waals surface area contributed by atoms with Crippen molar-refractivity contribution in [1.29, 1.82) is 0 Å². The lowest BCUT2D eigenvalue weighted by Crippen LogP contribution is -1.97. The Balaban J connectivity index is 1.53. The number of aryl methyl sites for hydroxylation is 2. The van der Waals surface area contributed by atoms with Gasteiger partial charge in [0, 0.05) is 36.3 Å². The van der Waals surface area contributed by atoms with Crippen LogP contribution in [-0.4, -0.2) is 29.5 Å². The van der Waals surface area contributed by atoms with Gasteiger partial charge in [0.2, 0.25) is 0 Å². The standard InChI is InChI=1S/C24H20N6/c1-29-23(25-21(27-29)17-10-5-3-6-11-17)19-14-9-15-20(16-19)24-26-22(28-30(24)2)18-12-7-4-8-13-18/h3-16H,1-2H3. The molecule has 2 aromatic heterocycles. The maximum Gasteiger partial charge on any atom is 0.181 e. The van der Waals surface area contributed by atoms with Crippen LogP contribution in [0, 0.1) is 0 Å². The number of nitrogens with zero attached hydrogens (tertiary/aromatic N) is 6. The van der Waals surface area contributed by atoms with Gasteiger partial charge in [0.25, 0.3) is 0 Å². The predicted molar refractivity (Wildman–Crippen MR) is 117 cm³/mol. The van der Waals surface area contributed by atoms with Crippen molar-refractivity contribution < 1.29 is 0 Å². The Morgan fingerprint density at radius 3 is 1.33 bits per heavy atom. The van der Waals surface area contributed by atoms with Crippen LogP contribution in [0.2, 0.25) is 0 Å². The second kappa shape index (κ2) is 7.40. The van der Waals surface area contributed by atoms with E-state index < -0.39 is 0 Å². The molecule has 5 aromatic rings. The first-order valence-corrected chi connectivity index (χ1v) is 9.73. The van der Waals surface area contributed by atoms with E-state index in [4.69, 9.17) is 9.97 Å². The number of hydrogen-bond acceptors (Lipinski definition) is 4. The summed E-state index contributed by atoms with van der Waals surface area (Å²) >= 11 is 0. The van der Waals surface area contributed by atoms with Gasteiger partial charge in [-0.3, -0.25) is 0 Å². The molecule has 0 N–H and O–H groups in total. The summed E-state index contributed by atoms with van der Waals surface area (Å²) < 4.78 is 3.63. The van der Waals surface area contributed by atoms with Gasteiger partial charge in [-0.1, -0.05) is 78.9 Å². The zero-order valence-corrected chi connectivity index (χ0v) is 16.8. The van der Waals surface area contributed by atoms with Gasteiger partial charge in [-0.15, -0.1) is 0 Å². The largest absolute Gasteiger partial charge is 0.248 e. The molecule has 6 nitrogen and oxygen atoms in total. The fraction of sp³-hybridized carbons (Fsp3) is 0.0833. The zero-order valence-electron chi connectivity index (χ0n) is 16.8. The van der Waals surface area contributed by atoms with Gasteiger partial charge in [-0.2, -0.15) is 10.2 Å². The molecular weight excluding hydrogens is 372 g/mol. The van der Waals surface area contributed by atoms with Gasteiger partial charge >= 0.3 is 0 Å². The topological polar surface area (TPSA) is 61.4 Å². The molecule has 0 aliphatic rings. The summed E-state index contributed by atoms with van der Waals surface area (Å²) in [5.74, 6) is 3.04. The van der Waals surface area contributed by atoms with Crippen LogP contribution >= 0.6 is 0 Å². The van der Waals surface area contributed by atoms with Crippen LogP contribution in [0.5, 0.6) is 0 Å². The van der Waals surface area contributed by atoms with Gasteiger partial charge in [0.05, 0.1) is 0 Å². The first-order chi connectivity index (χ1) is 14.7. The van der Waals surface area contributed by atoms with E-state index in [1.807, 2.05) is 102 Å². The van der Waals surface area contributed by atoms with E-state index in [2.05, 4.69) is 16.3 Å². The summed E-state index contributed by atoms with van der Waals surface area (Å²) in [4.78, 5) is 9.54. The number of rotatable bonds is 4. The van der Waals surface area contributed by atoms with E-state index in [0.29, 0.717) is 11.6 Å².